The number of hydrogen-bond donors (Lipinski definition) is 0. The van der Waals surface area contributed by atoms with Gasteiger partial charge in [0.05, 0.1) is 0 Å². The molecule has 2 fully saturated rings. The molecule has 0 N–H and O–H groups in total. The fourth-order valence-corrected chi connectivity index (χ4v) is 8.98. The molecular weight excluding hydrogens is 815 g/mol. The molecule has 6 aromatic carbocycles. The topological polar surface area (TPSA) is 0 Å². The number of fused-ring (bicyclic) bond motifs is 2. The normalized spacial score (nSPS) is 15.0. The molecule has 0 spiro atoms. The van der Waals surface area contributed by atoms with Crippen LogP contribution in [0.15, 0.2) is 109 Å². The van der Waals surface area contributed by atoms with Gasteiger partial charge in [-0.2, -0.15) is 12.1 Å². The first-order valence-electron chi connectivity index (χ1n) is 21.6. The molecule has 0 heterocycles. The summed E-state index contributed by atoms with van der Waals surface area (Å²) in [4.78, 5) is 0. The van der Waals surface area contributed by atoms with E-state index < -0.39 is 20.8 Å². The molecule has 0 aliphatic heterocycles. The maximum atomic E-state index is 4.93. The maximum absolute atomic E-state index is 4.93. The molecule has 8 rings (SSSR count). The minimum absolute atomic E-state index is 0.826. The summed E-state index contributed by atoms with van der Waals surface area (Å²) < 4.78 is 0. The van der Waals surface area contributed by atoms with Crippen molar-refractivity contribution in [2.45, 2.75) is 130 Å². The monoisotopic (exact) mass is 876 g/mol. The van der Waals surface area contributed by atoms with Crippen molar-refractivity contribution in [2.24, 2.45) is 11.8 Å². The summed E-state index contributed by atoms with van der Waals surface area (Å²) in [5.74, 6) is 1.79. The van der Waals surface area contributed by atoms with Gasteiger partial charge in [0.1, 0.15) is 0 Å². The van der Waals surface area contributed by atoms with Crippen LogP contribution in [0.5, 0.6) is 0 Å². The molecule has 0 amide bonds. The van der Waals surface area contributed by atoms with Crippen LogP contribution in [0.1, 0.15) is 113 Å². The van der Waals surface area contributed by atoms with E-state index in [4.69, 9.17) is 17.0 Å². The van der Waals surface area contributed by atoms with Gasteiger partial charge in [0, 0.05) is 9.52 Å². The Labute approximate surface area is 361 Å². The van der Waals surface area contributed by atoms with Gasteiger partial charge in [-0.1, -0.05) is 176 Å². The molecule has 6 aromatic rings. The van der Waals surface area contributed by atoms with E-state index in [0.717, 1.165) is 34.2 Å². The van der Waals surface area contributed by atoms with Crippen LogP contribution in [-0.2, 0) is 46.5 Å². The second kappa shape index (κ2) is 24.6. The van der Waals surface area contributed by atoms with Crippen LogP contribution in [0.25, 0.3) is 43.8 Å². The predicted molar refractivity (Wildman–Crippen MR) is 248 cm³/mol. The van der Waals surface area contributed by atoms with Gasteiger partial charge in [-0.05, 0) is 59.8 Å². The zero-order valence-electron chi connectivity index (χ0n) is 34.6. The number of benzene rings is 4. The van der Waals surface area contributed by atoms with Crippen LogP contribution >= 0.6 is 17.0 Å². The van der Waals surface area contributed by atoms with E-state index in [2.05, 4.69) is 136 Å². The van der Waals surface area contributed by atoms with E-state index in [0.29, 0.717) is 0 Å². The van der Waals surface area contributed by atoms with E-state index in [1.54, 1.807) is 11.1 Å². The van der Waals surface area contributed by atoms with Gasteiger partial charge >= 0.3 is 37.9 Å². The Morgan fingerprint density at radius 3 is 1.20 bits per heavy atom. The van der Waals surface area contributed by atoms with Crippen molar-refractivity contribution in [3.05, 3.63) is 131 Å². The number of rotatable bonds is 8. The molecule has 2 aliphatic rings. The number of halogens is 2. The second-order valence-corrected chi connectivity index (χ2v) is 20.9. The van der Waals surface area contributed by atoms with Crippen LogP contribution in [-0.4, -0.2) is 9.52 Å². The summed E-state index contributed by atoms with van der Waals surface area (Å²) >= 11 is -0.826. The third-order valence-electron chi connectivity index (χ3n) is 12.0. The SMILES string of the molecule is CCc1ccc(-c2cccc3[cH-]c(CC4CCCCCC4)cc23)cc1.CCc1ccc(-c2cccc3[cH-]c(CC4CCCCCC4)cc23)cc1.C[Si]C.[Cl][Zr+2][Cl]. The number of hydrogen-bond acceptors (Lipinski definition) is 0. The predicted octanol–water partition coefficient (Wildman–Crippen LogP) is 16.8. The molecule has 56 heavy (non-hydrogen) atoms. The van der Waals surface area contributed by atoms with Gasteiger partial charge in [0.25, 0.3) is 0 Å². The molecule has 0 bridgehead atoms. The van der Waals surface area contributed by atoms with Crippen molar-refractivity contribution >= 4 is 48.1 Å². The first kappa shape index (κ1) is 44.9. The average Bonchev–Trinajstić information content (AvgIpc) is 3.61. The summed E-state index contributed by atoms with van der Waals surface area (Å²) in [6.45, 7) is 8.74. The molecule has 4 heteroatoms. The van der Waals surface area contributed by atoms with E-state index in [-0.39, 0.29) is 0 Å². The van der Waals surface area contributed by atoms with Crippen LogP contribution < -0.4 is 0 Å². The van der Waals surface area contributed by atoms with Gasteiger partial charge in [0.15, 0.2) is 0 Å². The third kappa shape index (κ3) is 13.4. The van der Waals surface area contributed by atoms with Crippen molar-refractivity contribution in [1.82, 2.24) is 0 Å². The van der Waals surface area contributed by atoms with E-state index in [1.807, 2.05) is 0 Å². The van der Waals surface area contributed by atoms with Gasteiger partial charge in [-0.3, -0.25) is 0 Å². The van der Waals surface area contributed by atoms with Crippen LogP contribution in [0, 0.1) is 11.8 Å². The van der Waals surface area contributed by atoms with Crippen molar-refractivity contribution < 1.29 is 20.8 Å². The van der Waals surface area contributed by atoms with Crippen LogP contribution in [0.2, 0.25) is 13.1 Å². The quantitative estimate of drug-likeness (QED) is 0.0812. The molecule has 294 valence electrons. The van der Waals surface area contributed by atoms with Crippen LogP contribution in [0.4, 0.5) is 0 Å². The molecular formula is C52H64Cl2SiZr. The third-order valence-corrected chi connectivity index (χ3v) is 12.0. The first-order valence-corrected chi connectivity index (χ1v) is 29.9. The Bertz CT molecular complexity index is 1820. The zero-order valence-corrected chi connectivity index (χ0v) is 39.6. The van der Waals surface area contributed by atoms with Gasteiger partial charge in [-0.15, -0.1) is 69.1 Å². The van der Waals surface area contributed by atoms with Crippen molar-refractivity contribution in [3.63, 3.8) is 0 Å². The fourth-order valence-electron chi connectivity index (χ4n) is 8.98. The molecule has 2 aliphatic carbocycles. The molecule has 0 nitrogen and oxygen atoms in total. The fraction of sp³-hybridized carbons (Fsp3) is 0.423. The van der Waals surface area contributed by atoms with Gasteiger partial charge in [-0.25, -0.2) is 0 Å². The molecule has 2 radical (unpaired) electrons. The van der Waals surface area contributed by atoms with E-state index >= 15 is 0 Å². The van der Waals surface area contributed by atoms with Crippen molar-refractivity contribution in [1.29, 1.82) is 0 Å². The second-order valence-electron chi connectivity index (χ2n) is 16.1. The number of aryl methyl sites for hydroxylation is 2. The molecule has 0 aromatic heterocycles. The van der Waals surface area contributed by atoms with E-state index in [9.17, 15) is 0 Å². The van der Waals surface area contributed by atoms with Crippen LogP contribution in [0.3, 0.4) is 0 Å². The van der Waals surface area contributed by atoms with Gasteiger partial charge in [0.2, 0.25) is 0 Å². The summed E-state index contributed by atoms with van der Waals surface area (Å²) in [5.41, 5.74) is 11.3. The van der Waals surface area contributed by atoms with E-state index in [1.165, 1.54) is 145 Å². The Morgan fingerprint density at radius 1 is 0.536 bits per heavy atom. The Morgan fingerprint density at radius 2 is 0.875 bits per heavy atom. The Kier molecular flexibility index (Phi) is 19.7. The Hall–Kier alpha value is -2.22. The summed E-state index contributed by atoms with van der Waals surface area (Å²) in [5, 5.41) is 5.66. The molecule has 0 atom stereocenters. The molecule has 0 unspecified atom stereocenters. The summed E-state index contributed by atoms with van der Waals surface area (Å²) in [6, 6.07) is 41.5. The van der Waals surface area contributed by atoms with Crippen molar-refractivity contribution in [3.8, 4) is 22.3 Å². The standard InChI is InChI=1S/2C25H29.C2H6Si.2ClH.Zr/c2*1-2-19-12-14-22(15-13-19)24-11-7-10-23-17-21(18-25(23)24)16-20-8-5-3-4-6-9-20;1-3-2;;;/h2*7,10-15,17-18,20H,2-6,8-9,16H2,1H3;1-2H3;2*1H;/q2*-1;;;;+4/p-2. The van der Waals surface area contributed by atoms with Gasteiger partial charge < -0.3 is 0 Å². The average molecular weight is 879 g/mol. The zero-order chi connectivity index (χ0) is 39.5. The minimum atomic E-state index is -0.826. The van der Waals surface area contributed by atoms with Crippen molar-refractivity contribution in [2.75, 3.05) is 0 Å². The first-order chi connectivity index (χ1) is 27.5. The summed E-state index contributed by atoms with van der Waals surface area (Å²) in [6.07, 6.45) is 21.9. The summed E-state index contributed by atoms with van der Waals surface area (Å²) in [7, 11) is 11.0. The molecule has 2 saturated carbocycles. The Balaban J connectivity index is 0.000000188. The molecule has 0 saturated heterocycles.